The van der Waals surface area contributed by atoms with Crippen LogP contribution in [0.15, 0.2) is 47.4 Å². The van der Waals surface area contributed by atoms with E-state index in [0.29, 0.717) is 10.7 Å². The Morgan fingerprint density at radius 1 is 1.15 bits per heavy atom. The van der Waals surface area contributed by atoms with Crippen molar-refractivity contribution in [1.29, 1.82) is 0 Å². The van der Waals surface area contributed by atoms with Crippen molar-refractivity contribution in [3.63, 3.8) is 0 Å². The van der Waals surface area contributed by atoms with E-state index < -0.39 is 10.0 Å². The molecule has 0 aliphatic carbocycles. The third kappa shape index (κ3) is 3.81. The van der Waals surface area contributed by atoms with Gasteiger partial charge in [-0.1, -0.05) is 11.6 Å². The summed E-state index contributed by atoms with van der Waals surface area (Å²) in [6.45, 7) is 3.28. The fourth-order valence-electron chi connectivity index (χ4n) is 3.57. The van der Waals surface area contributed by atoms with Gasteiger partial charge in [-0.05, 0) is 42.5 Å². The van der Waals surface area contributed by atoms with Gasteiger partial charge in [0.1, 0.15) is 6.54 Å². The number of hydrogen-bond donors (Lipinski definition) is 2. The fourth-order valence-corrected chi connectivity index (χ4v) is 4.75. The van der Waals surface area contributed by atoms with E-state index in [-0.39, 0.29) is 4.90 Å². The maximum Gasteiger partial charge on any atom is 0.261 e. The average molecular weight is 406 g/mol. The van der Waals surface area contributed by atoms with E-state index in [1.54, 1.807) is 29.2 Å². The van der Waals surface area contributed by atoms with Crippen molar-refractivity contribution in [3.8, 4) is 0 Å². The summed E-state index contributed by atoms with van der Waals surface area (Å²) in [6.07, 6.45) is 2.55. The molecule has 0 atom stereocenters. The summed E-state index contributed by atoms with van der Waals surface area (Å²) in [5, 5.41) is 0.497. The maximum atomic E-state index is 12.6. The van der Waals surface area contributed by atoms with Crippen LogP contribution < -0.4 is 9.62 Å². The van der Waals surface area contributed by atoms with Gasteiger partial charge in [-0.3, -0.25) is 4.72 Å². The highest BCUT2D eigenvalue weighted by atomic mass is 35.5. The van der Waals surface area contributed by atoms with E-state index in [1.165, 1.54) is 38.1 Å². The number of sulfonamides is 1. The van der Waals surface area contributed by atoms with Gasteiger partial charge in [-0.25, -0.2) is 13.4 Å². The molecule has 2 heterocycles. The summed E-state index contributed by atoms with van der Waals surface area (Å²) in [4.78, 5) is 6.47. The first kappa shape index (κ1) is 18.3. The molecule has 4 rings (SSSR count). The summed E-state index contributed by atoms with van der Waals surface area (Å²) < 4.78 is 29.9. The number of hydrogen-bond acceptors (Lipinski definition) is 3. The smallest absolute Gasteiger partial charge is 0.261 e. The third-order valence-corrected chi connectivity index (χ3v) is 6.72. The minimum Gasteiger partial charge on any atom is -0.329 e. The number of imidazole rings is 1. The summed E-state index contributed by atoms with van der Waals surface area (Å²) in [7, 11) is -1.66. The topological polar surface area (TPSA) is 68.4 Å². The predicted molar refractivity (Wildman–Crippen MR) is 107 cm³/mol. The van der Waals surface area contributed by atoms with Crippen LogP contribution in [0.3, 0.4) is 0 Å². The molecule has 1 saturated heterocycles. The zero-order valence-electron chi connectivity index (χ0n) is 15.1. The van der Waals surface area contributed by atoms with E-state index in [1.807, 2.05) is 13.1 Å². The van der Waals surface area contributed by atoms with Crippen molar-refractivity contribution in [2.45, 2.75) is 24.3 Å². The largest absolute Gasteiger partial charge is 0.329 e. The van der Waals surface area contributed by atoms with Crippen LogP contribution in [0.1, 0.15) is 18.7 Å². The van der Waals surface area contributed by atoms with Gasteiger partial charge in [0.15, 0.2) is 5.82 Å². The van der Waals surface area contributed by atoms with Gasteiger partial charge in [0.05, 0.1) is 34.7 Å². The Kier molecular flexibility index (Phi) is 4.84. The maximum absolute atomic E-state index is 12.6. The second-order valence-corrected chi connectivity index (χ2v) is 9.10. The highest BCUT2D eigenvalue weighted by molar-refractivity contribution is 7.92. The van der Waals surface area contributed by atoms with Crippen LogP contribution >= 0.6 is 11.6 Å². The molecule has 0 bridgehead atoms. The first-order valence-corrected chi connectivity index (χ1v) is 10.9. The first-order valence-electron chi connectivity index (χ1n) is 9.00. The van der Waals surface area contributed by atoms with Crippen molar-refractivity contribution >= 4 is 38.3 Å². The highest BCUT2D eigenvalue weighted by Crippen LogP contribution is 2.23. The van der Waals surface area contributed by atoms with Crippen LogP contribution in [0.25, 0.3) is 11.0 Å². The van der Waals surface area contributed by atoms with Gasteiger partial charge in [-0.15, -0.1) is 0 Å². The number of halogens is 1. The molecule has 3 aromatic rings. The second-order valence-electron chi connectivity index (χ2n) is 6.98. The number of aromatic nitrogens is 2. The molecule has 1 fully saturated rings. The highest BCUT2D eigenvalue weighted by Gasteiger charge is 2.20. The quantitative estimate of drug-likeness (QED) is 0.683. The number of aryl methyl sites for hydroxylation is 1. The number of benzene rings is 2. The lowest BCUT2D eigenvalue weighted by Crippen LogP contribution is -3.08. The minimum atomic E-state index is -3.67. The van der Waals surface area contributed by atoms with Crippen LogP contribution in [0.5, 0.6) is 0 Å². The van der Waals surface area contributed by atoms with Gasteiger partial charge in [0.25, 0.3) is 10.0 Å². The SMILES string of the molecule is Cn1c(C[NH+]2CCCC2)nc2cc(NS(=O)(=O)c3ccc(Cl)cc3)ccc21. The average Bonchev–Trinajstić information content (AvgIpc) is 3.24. The zero-order valence-corrected chi connectivity index (χ0v) is 16.6. The third-order valence-electron chi connectivity index (χ3n) is 5.07. The zero-order chi connectivity index (χ0) is 19.0. The van der Waals surface area contributed by atoms with E-state index >= 15 is 0 Å². The number of likely N-dealkylation sites (tertiary alicyclic amines) is 1. The Morgan fingerprint density at radius 3 is 2.56 bits per heavy atom. The summed E-state index contributed by atoms with van der Waals surface area (Å²) >= 11 is 5.84. The Balaban J connectivity index is 1.60. The molecule has 1 aliphatic rings. The van der Waals surface area contributed by atoms with Crippen molar-refractivity contribution in [2.24, 2.45) is 7.05 Å². The molecule has 1 aromatic heterocycles. The monoisotopic (exact) mass is 405 g/mol. The number of nitrogens with zero attached hydrogens (tertiary/aromatic N) is 2. The second kappa shape index (κ2) is 7.14. The molecule has 2 aromatic carbocycles. The van der Waals surface area contributed by atoms with Crippen molar-refractivity contribution < 1.29 is 13.3 Å². The van der Waals surface area contributed by atoms with E-state index in [9.17, 15) is 8.42 Å². The number of quaternary nitrogens is 1. The number of rotatable bonds is 5. The van der Waals surface area contributed by atoms with E-state index in [4.69, 9.17) is 16.6 Å². The van der Waals surface area contributed by atoms with Gasteiger partial charge in [-0.2, -0.15) is 0 Å². The normalized spacial score (nSPS) is 15.5. The number of anilines is 1. The van der Waals surface area contributed by atoms with Gasteiger partial charge in [0.2, 0.25) is 0 Å². The Labute approximate surface area is 163 Å². The standard InChI is InChI=1S/C19H21ClN4O2S/c1-23-18-9-6-15(22-27(25,26)16-7-4-14(20)5-8-16)12-17(18)21-19(23)13-24-10-2-3-11-24/h4-9,12,22H,2-3,10-11,13H2,1H3/p+1. The summed E-state index contributed by atoms with van der Waals surface area (Å²) in [5.74, 6) is 1.03. The summed E-state index contributed by atoms with van der Waals surface area (Å²) in [5.41, 5.74) is 2.29. The fraction of sp³-hybridized carbons (Fsp3) is 0.316. The summed E-state index contributed by atoms with van der Waals surface area (Å²) in [6, 6.07) is 11.6. The molecule has 0 spiro atoms. The van der Waals surface area contributed by atoms with Gasteiger partial charge in [0, 0.05) is 24.9 Å². The van der Waals surface area contributed by atoms with Crippen molar-refractivity contribution in [2.75, 3.05) is 17.8 Å². The molecule has 1 aliphatic heterocycles. The predicted octanol–water partition coefficient (Wildman–Crippen LogP) is 2.21. The molecule has 27 heavy (non-hydrogen) atoms. The van der Waals surface area contributed by atoms with Crippen molar-refractivity contribution in [3.05, 3.63) is 53.3 Å². The van der Waals surface area contributed by atoms with Gasteiger partial charge < -0.3 is 9.47 Å². The minimum absolute atomic E-state index is 0.173. The van der Waals surface area contributed by atoms with Crippen LogP contribution in [0, 0.1) is 0 Å². The molecule has 0 saturated carbocycles. The molecular formula is C19H22ClN4O2S+. The van der Waals surface area contributed by atoms with E-state index in [0.717, 1.165) is 23.4 Å². The van der Waals surface area contributed by atoms with Crippen molar-refractivity contribution in [1.82, 2.24) is 9.55 Å². The number of fused-ring (bicyclic) bond motifs is 1. The van der Waals surface area contributed by atoms with Crippen LogP contribution in [0.2, 0.25) is 5.02 Å². The molecule has 6 nitrogen and oxygen atoms in total. The lowest BCUT2D eigenvalue weighted by atomic mass is 10.3. The number of nitrogens with one attached hydrogen (secondary N) is 2. The Morgan fingerprint density at radius 2 is 1.85 bits per heavy atom. The molecule has 0 unspecified atom stereocenters. The lowest BCUT2D eigenvalue weighted by Gasteiger charge is -2.11. The Bertz CT molecular complexity index is 1070. The molecule has 142 valence electrons. The van der Waals surface area contributed by atoms with Crippen LogP contribution in [0.4, 0.5) is 5.69 Å². The first-order chi connectivity index (χ1) is 12.9. The van der Waals surface area contributed by atoms with Gasteiger partial charge >= 0.3 is 0 Å². The molecule has 8 heteroatoms. The molecule has 0 radical (unpaired) electrons. The lowest BCUT2D eigenvalue weighted by molar-refractivity contribution is -0.902. The molecular weight excluding hydrogens is 384 g/mol. The van der Waals surface area contributed by atoms with E-state index in [2.05, 4.69) is 9.29 Å². The van der Waals surface area contributed by atoms with Crippen LogP contribution in [-0.4, -0.2) is 31.1 Å². The Hall–Kier alpha value is -2.09. The molecule has 2 N–H and O–H groups in total. The van der Waals surface area contributed by atoms with Crippen LogP contribution in [-0.2, 0) is 23.6 Å². The molecule has 0 amide bonds.